The van der Waals surface area contributed by atoms with E-state index < -0.39 is 0 Å². The van der Waals surface area contributed by atoms with Crippen LogP contribution in [-0.2, 0) is 6.54 Å². The van der Waals surface area contributed by atoms with E-state index in [2.05, 4.69) is 85.5 Å². The zero-order chi connectivity index (χ0) is 27.8. The molecule has 1 unspecified atom stereocenters. The van der Waals surface area contributed by atoms with Gasteiger partial charge in [-0.25, -0.2) is 0 Å². The molecule has 1 aliphatic rings. The highest BCUT2D eigenvalue weighted by Crippen LogP contribution is 2.44. The van der Waals surface area contributed by atoms with E-state index in [0.29, 0.717) is 24.1 Å². The van der Waals surface area contributed by atoms with Crippen LogP contribution in [0.4, 0.5) is 0 Å². The number of nitrogens with zero attached hydrogens (tertiary/aromatic N) is 1. The number of rotatable bonds is 14. The van der Waals surface area contributed by atoms with E-state index in [0.717, 1.165) is 38.8 Å². The van der Waals surface area contributed by atoms with E-state index in [1.165, 1.54) is 23.1 Å². The number of carbonyl (C=O) groups excluding carboxylic acids is 1. The molecular formula is C34H49N3O. The highest BCUT2D eigenvalue weighted by atomic mass is 16.1. The summed E-state index contributed by atoms with van der Waals surface area (Å²) in [6.07, 6.45) is 17.2. The molecule has 3 rings (SSSR count). The Bertz CT molecular complexity index is 1040. The van der Waals surface area contributed by atoms with Crippen LogP contribution >= 0.6 is 0 Å². The second-order valence-corrected chi connectivity index (χ2v) is 10.4. The molecule has 0 saturated heterocycles. The fraction of sp³-hybridized carbons (Fsp3) is 0.471. The molecule has 1 aromatic carbocycles. The molecule has 1 fully saturated rings. The average molecular weight is 516 g/mol. The number of Topliss-reactive ketones (excluding diaryl/α,β-unsaturated/α-hetero) is 1. The summed E-state index contributed by atoms with van der Waals surface area (Å²) in [5.41, 5.74) is 4.74. The highest BCUT2D eigenvalue weighted by molar-refractivity contribution is 5.97. The lowest BCUT2D eigenvalue weighted by Gasteiger charge is -2.31. The van der Waals surface area contributed by atoms with Gasteiger partial charge in [0.15, 0.2) is 5.78 Å². The maximum Gasteiger partial charge on any atom is 0.178 e. The average Bonchev–Trinajstić information content (AvgIpc) is 3.24. The Hall–Kier alpha value is -2.82. The molecule has 0 aliphatic heterocycles. The van der Waals surface area contributed by atoms with Gasteiger partial charge in [-0.05, 0) is 84.9 Å². The molecule has 206 valence electrons. The van der Waals surface area contributed by atoms with Crippen LogP contribution in [0.15, 0.2) is 79.7 Å². The second kappa shape index (κ2) is 16.9. The van der Waals surface area contributed by atoms with Crippen LogP contribution in [0.2, 0.25) is 0 Å². The number of ketones is 1. The summed E-state index contributed by atoms with van der Waals surface area (Å²) >= 11 is 0. The van der Waals surface area contributed by atoms with Crippen LogP contribution in [0.25, 0.3) is 5.57 Å². The summed E-state index contributed by atoms with van der Waals surface area (Å²) < 4.78 is 0. The van der Waals surface area contributed by atoms with Crippen molar-refractivity contribution in [2.45, 2.75) is 79.3 Å². The van der Waals surface area contributed by atoms with E-state index in [1.54, 1.807) is 12.4 Å². The monoisotopic (exact) mass is 515 g/mol. The van der Waals surface area contributed by atoms with Gasteiger partial charge in [-0.3, -0.25) is 9.78 Å². The quantitative estimate of drug-likeness (QED) is 0.117. The normalized spacial score (nSPS) is 18.7. The van der Waals surface area contributed by atoms with Gasteiger partial charge < -0.3 is 10.6 Å². The maximum atomic E-state index is 12.6. The van der Waals surface area contributed by atoms with Gasteiger partial charge in [0.2, 0.25) is 0 Å². The number of pyridine rings is 1. The van der Waals surface area contributed by atoms with Gasteiger partial charge in [-0.1, -0.05) is 77.1 Å². The van der Waals surface area contributed by atoms with Gasteiger partial charge in [0.25, 0.3) is 0 Å². The molecule has 2 N–H and O–H groups in total. The molecule has 38 heavy (non-hydrogen) atoms. The van der Waals surface area contributed by atoms with Crippen molar-refractivity contribution in [3.63, 3.8) is 0 Å². The molecule has 4 nitrogen and oxygen atoms in total. The number of nitrogens with one attached hydrogen (secondary N) is 2. The minimum atomic E-state index is 0.111. The Kier molecular flexibility index (Phi) is 14.0. The Morgan fingerprint density at radius 2 is 1.97 bits per heavy atom. The number of allylic oxidation sites excluding steroid dienone is 5. The van der Waals surface area contributed by atoms with Crippen LogP contribution in [0.3, 0.4) is 0 Å². The molecular weight excluding hydrogens is 466 g/mol. The Morgan fingerprint density at radius 1 is 1.18 bits per heavy atom. The van der Waals surface area contributed by atoms with Gasteiger partial charge in [-0.2, -0.15) is 0 Å². The minimum absolute atomic E-state index is 0.111. The topological polar surface area (TPSA) is 54.0 Å². The number of aromatic nitrogens is 1. The first-order valence-electron chi connectivity index (χ1n) is 14.4. The van der Waals surface area contributed by atoms with Crippen LogP contribution in [-0.4, -0.2) is 29.9 Å². The SMILES string of the molecule is C=CC/C=C(\C=C/CC)c1cccc(CNCCC2[C@@H](NCC(=O)c3cccnc3)CCC2(C)C)c1.CC. The van der Waals surface area contributed by atoms with Gasteiger partial charge in [0.05, 0.1) is 6.54 Å². The molecule has 0 spiro atoms. The minimum Gasteiger partial charge on any atom is -0.313 e. The van der Waals surface area contributed by atoms with Gasteiger partial charge in [0.1, 0.15) is 0 Å². The Morgan fingerprint density at radius 3 is 2.68 bits per heavy atom. The van der Waals surface area contributed by atoms with Crippen molar-refractivity contribution in [3.05, 3.63) is 96.4 Å². The number of benzene rings is 1. The van der Waals surface area contributed by atoms with Crippen molar-refractivity contribution in [2.24, 2.45) is 11.3 Å². The molecule has 1 aromatic heterocycles. The van der Waals surface area contributed by atoms with Crippen molar-refractivity contribution in [2.75, 3.05) is 13.1 Å². The fourth-order valence-electron chi connectivity index (χ4n) is 5.24. The fourth-order valence-corrected chi connectivity index (χ4v) is 5.24. The molecule has 1 aliphatic carbocycles. The third-order valence-corrected chi connectivity index (χ3v) is 7.36. The number of hydrogen-bond donors (Lipinski definition) is 2. The molecule has 0 amide bonds. The molecule has 2 atom stereocenters. The molecule has 0 bridgehead atoms. The maximum absolute atomic E-state index is 12.6. The lowest BCUT2D eigenvalue weighted by molar-refractivity contribution is 0.0980. The smallest absolute Gasteiger partial charge is 0.178 e. The van der Waals surface area contributed by atoms with E-state index in [9.17, 15) is 4.79 Å². The third-order valence-electron chi connectivity index (χ3n) is 7.36. The van der Waals surface area contributed by atoms with E-state index in [1.807, 2.05) is 32.1 Å². The molecule has 1 saturated carbocycles. The Labute approximate surface area is 231 Å². The number of hydrogen-bond acceptors (Lipinski definition) is 4. The van der Waals surface area contributed by atoms with Crippen molar-refractivity contribution in [1.82, 2.24) is 15.6 Å². The van der Waals surface area contributed by atoms with E-state index in [-0.39, 0.29) is 11.2 Å². The van der Waals surface area contributed by atoms with Crippen LogP contribution < -0.4 is 10.6 Å². The molecule has 0 radical (unpaired) electrons. The predicted molar refractivity (Wildman–Crippen MR) is 163 cm³/mol. The summed E-state index contributed by atoms with van der Waals surface area (Å²) in [6, 6.07) is 12.8. The van der Waals surface area contributed by atoms with Crippen LogP contribution in [0.5, 0.6) is 0 Å². The van der Waals surface area contributed by atoms with E-state index in [4.69, 9.17) is 0 Å². The highest BCUT2D eigenvalue weighted by Gasteiger charge is 2.41. The van der Waals surface area contributed by atoms with Crippen molar-refractivity contribution < 1.29 is 4.79 Å². The van der Waals surface area contributed by atoms with Crippen LogP contribution in [0, 0.1) is 11.3 Å². The Balaban J connectivity index is 0.00000247. The van der Waals surface area contributed by atoms with Crippen LogP contribution in [0.1, 0.15) is 88.2 Å². The summed E-state index contributed by atoms with van der Waals surface area (Å²) in [7, 11) is 0. The standard InChI is InChI=1S/C32H43N3O.C2H6/c1-5-7-12-26(13-8-6-2)27-14-9-11-25(21-27)22-34-20-17-29-30(16-18-32(29,3)4)35-24-31(36)28-15-10-19-33-23-28;1-2/h5,8-15,19,21,23,29-30,34-35H,1,6-7,16-18,20,22,24H2,2-4H3;1-2H3/b13-8-,26-12+;/t29?,30-;/m0./s1. The summed E-state index contributed by atoms with van der Waals surface area (Å²) in [5, 5.41) is 7.25. The number of carbonyl (C=O) groups is 1. The first-order chi connectivity index (χ1) is 18.4. The summed E-state index contributed by atoms with van der Waals surface area (Å²) in [4.78, 5) is 16.6. The van der Waals surface area contributed by atoms with Gasteiger partial charge in [0, 0.05) is 30.5 Å². The largest absolute Gasteiger partial charge is 0.313 e. The molecule has 1 heterocycles. The van der Waals surface area contributed by atoms with Crippen molar-refractivity contribution in [3.8, 4) is 0 Å². The molecule has 4 heteroatoms. The predicted octanol–water partition coefficient (Wildman–Crippen LogP) is 7.79. The first-order valence-corrected chi connectivity index (χ1v) is 14.4. The van der Waals surface area contributed by atoms with E-state index >= 15 is 0 Å². The zero-order valence-electron chi connectivity index (χ0n) is 24.3. The van der Waals surface area contributed by atoms with Gasteiger partial charge in [-0.15, -0.1) is 6.58 Å². The summed E-state index contributed by atoms with van der Waals surface area (Å²) in [6.45, 7) is 16.9. The van der Waals surface area contributed by atoms with Gasteiger partial charge >= 0.3 is 0 Å². The lowest BCUT2D eigenvalue weighted by atomic mass is 9.78. The zero-order valence-corrected chi connectivity index (χ0v) is 24.3. The second-order valence-electron chi connectivity index (χ2n) is 10.4. The first kappa shape index (κ1) is 31.4. The van der Waals surface area contributed by atoms with Crippen molar-refractivity contribution >= 4 is 11.4 Å². The van der Waals surface area contributed by atoms with Crippen molar-refractivity contribution in [1.29, 1.82) is 0 Å². The third kappa shape index (κ3) is 9.81. The summed E-state index contributed by atoms with van der Waals surface area (Å²) in [5.74, 6) is 0.644. The molecule has 2 aromatic rings. The lowest BCUT2D eigenvalue weighted by Crippen LogP contribution is -2.40.